The zero-order valence-corrected chi connectivity index (χ0v) is 12.6. The molecule has 0 bridgehead atoms. The average Bonchev–Trinajstić information content (AvgIpc) is 2.46. The first kappa shape index (κ1) is 15.9. The molecule has 0 aliphatic carbocycles. The summed E-state index contributed by atoms with van der Waals surface area (Å²) in [4.78, 5) is 17.1. The van der Waals surface area contributed by atoms with Gasteiger partial charge in [0, 0.05) is 25.2 Å². The molecule has 0 amide bonds. The van der Waals surface area contributed by atoms with Gasteiger partial charge in [-0.25, -0.2) is 4.39 Å². The lowest BCUT2D eigenvalue weighted by Gasteiger charge is -2.39. The van der Waals surface area contributed by atoms with Gasteiger partial charge in [0.05, 0.1) is 6.20 Å². The average molecular weight is 294 g/mol. The molecule has 3 atom stereocenters. The number of hydrogen-bond donors (Lipinski definition) is 1. The number of rotatable bonds is 5. The number of carbonyl (C=O) groups is 1. The standard InChI is InChI=1S/C16H23FN2O2/c1-11(6-16(20)21)13-4-3-5-19(10-13)12(2)14-7-15(17)9-18-8-14/h7-9,11-13H,3-6,10H2,1-2H3,(H,20,21). The maximum absolute atomic E-state index is 13.3. The summed E-state index contributed by atoms with van der Waals surface area (Å²) in [7, 11) is 0. The molecule has 0 spiro atoms. The molecular weight excluding hydrogens is 271 g/mol. The van der Waals surface area contributed by atoms with Gasteiger partial charge in [0.1, 0.15) is 5.82 Å². The van der Waals surface area contributed by atoms with Crippen LogP contribution in [0, 0.1) is 17.7 Å². The van der Waals surface area contributed by atoms with Gasteiger partial charge in [0.15, 0.2) is 0 Å². The van der Waals surface area contributed by atoms with Crippen LogP contribution in [0.15, 0.2) is 18.5 Å². The zero-order valence-electron chi connectivity index (χ0n) is 12.6. The predicted molar refractivity (Wildman–Crippen MR) is 78.3 cm³/mol. The SMILES string of the molecule is CC(CC(=O)O)C1CCCN(C(C)c2cncc(F)c2)C1. The highest BCUT2D eigenvalue weighted by molar-refractivity contribution is 5.67. The molecule has 0 radical (unpaired) electrons. The Morgan fingerprint density at radius 1 is 1.52 bits per heavy atom. The number of hydrogen-bond acceptors (Lipinski definition) is 3. The second-order valence-corrected chi connectivity index (χ2v) is 6.08. The molecule has 5 heteroatoms. The van der Waals surface area contributed by atoms with E-state index in [-0.39, 0.29) is 24.2 Å². The van der Waals surface area contributed by atoms with E-state index >= 15 is 0 Å². The number of carboxylic acids is 1. The quantitative estimate of drug-likeness (QED) is 0.906. The second-order valence-electron chi connectivity index (χ2n) is 6.08. The minimum atomic E-state index is -0.734. The maximum Gasteiger partial charge on any atom is 0.303 e. The highest BCUT2D eigenvalue weighted by Gasteiger charge is 2.28. The van der Waals surface area contributed by atoms with Crippen LogP contribution in [0.2, 0.25) is 0 Å². The summed E-state index contributed by atoms with van der Waals surface area (Å²) in [6.07, 6.45) is 5.26. The van der Waals surface area contributed by atoms with E-state index in [9.17, 15) is 9.18 Å². The van der Waals surface area contributed by atoms with Gasteiger partial charge in [-0.05, 0) is 49.8 Å². The molecular formula is C16H23FN2O2. The summed E-state index contributed by atoms with van der Waals surface area (Å²) in [6.45, 7) is 5.90. The first-order chi connectivity index (χ1) is 9.97. The van der Waals surface area contributed by atoms with Crippen molar-refractivity contribution in [2.75, 3.05) is 13.1 Å². The normalized spacial score (nSPS) is 22.7. The zero-order chi connectivity index (χ0) is 15.4. The number of likely N-dealkylation sites (tertiary alicyclic amines) is 1. The van der Waals surface area contributed by atoms with Crippen molar-refractivity contribution in [3.05, 3.63) is 29.8 Å². The number of nitrogens with zero attached hydrogens (tertiary/aromatic N) is 2. The van der Waals surface area contributed by atoms with E-state index in [2.05, 4.69) is 16.8 Å². The lowest BCUT2D eigenvalue weighted by atomic mass is 9.84. The number of carboxylic acid groups (broad SMARTS) is 1. The summed E-state index contributed by atoms with van der Waals surface area (Å²) >= 11 is 0. The van der Waals surface area contributed by atoms with Crippen molar-refractivity contribution in [2.24, 2.45) is 11.8 Å². The van der Waals surface area contributed by atoms with Crippen LogP contribution in [0.4, 0.5) is 4.39 Å². The molecule has 1 fully saturated rings. The maximum atomic E-state index is 13.3. The Hall–Kier alpha value is -1.49. The third-order valence-corrected chi connectivity index (χ3v) is 4.55. The summed E-state index contributed by atoms with van der Waals surface area (Å²) in [6, 6.07) is 1.63. The van der Waals surface area contributed by atoms with Crippen molar-refractivity contribution in [3.8, 4) is 0 Å². The van der Waals surface area contributed by atoms with Crippen LogP contribution in [-0.4, -0.2) is 34.0 Å². The predicted octanol–water partition coefficient (Wildman–Crippen LogP) is 3.10. The smallest absolute Gasteiger partial charge is 0.303 e. The van der Waals surface area contributed by atoms with Crippen molar-refractivity contribution in [1.82, 2.24) is 9.88 Å². The molecule has 2 heterocycles. The van der Waals surface area contributed by atoms with Gasteiger partial charge in [0.2, 0.25) is 0 Å². The van der Waals surface area contributed by atoms with Crippen LogP contribution in [0.3, 0.4) is 0 Å². The number of piperidine rings is 1. The Morgan fingerprint density at radius 3 is 2.95 bits per heavy atom. The van der Waals surface area contributed by atoms with Gasteiger partial charge in [-0.3, -0.25) is 14.7 Å². The van der Waals surface area contributed by atoms with Crippen LogP contribution in [0.1, 0.15) is 44.7 Å². The fourth-order valence-electron chi connectivity index (χ4n) is 3.17. The van der Waals surface area contributed by atoms with Gasteiger partial charge in [0.25, 0.3) is 0 Å². The largest absolute Gasteiger partial charge is 0.481 e. The van der Waals surface area contributed by atoms with Crippen molar-refractivity contribution in [2.45, 2.75) is 39.2 Å². The van der Waals surface area contributed by atoms with Crippen molar-refractivity contribution in [1.29, 1.82) is 0 Å². The van der Waals surface area contributed by atoms with E-state index in [1.54, 1.807) is 6.20 Å². The summed E-state index contributed by atoms with van der Waals surface area (Å²) in [5, 5.41) is 8.93. The Labute approximate surface area is 125 Å². The third-order valence-electron chi connectivity index (χ3n) is 4.55. The number of aromatic nitrogens is 1. The molecule has 3 unspecified atom stereocenters. The number of aliphatic carboxylic acids is 1. The van der Waals surface area contributed by atoms with E-state index < -0.39 is 5.97 Å². The summed E-state index contributed by atoms with van der Waals surface area (Å²) in [5.74, 6) is -0.490. The van der Waals surface area contributed by atoms with Crippen molar-refractivity contribution >= 4 is 5.97 Å². The lowest BCUT2D eigenvalue weighted by molar-refractivity contribution is -0.138. The molecule has 21 heavy (non-hydrogen) atoms. The fraction of sp³-hybridized carbons (Fsp3) is 0.625. The Morgan fingerprint density at radius 2 is 2.29 bits per heavy atom. The van der Waals surface area contributed by atoms with Crippen LogP contribution in [0.25, 0.3) is 0 Å². The molecule has 1 aliphatic heterocycles. The molecule has 0 aromatic carbocycles. The second kappa shape index (κ2) is 6.98. The van der Waals surface area contributed by atoms with Crippen LogP contribution in [0.5, 0.6) is 0 Å². The minimum absolute atomic E-state index is 0.105. The molecule has 1 aliphatic rings. The fourth-order valence-corrected chi connectivity index (χ4v) is 3.17. The van der Waals surface area contributed by atoms with Gasteiger partial charge < -0.3 is 5.11 Å². The van der Waals surface area contributed by atoms with E-state index in [4.69, 9.17) is 5.11 Å². The summed E-state index contributed by atoms with van der Waals surface area (Å²) in [5.41, 5.74) is 0.876. The molecule has 1 N–H and O–H groups in total. The molecule has 1 aromatic heterocycles. The first-order valence-corrected chi connectivity index (χ1v) is 7.53. The van der Waals surface area contributed by atoms with Gasteiger partial charge in [-0.1, -0.05) is 6.92 Å². The van der Waals surface area contributed by atoms with Crippen LogP contribution in [-0.2, 0) is 4.79 Å². The number of halogens is 1. The van der Waals surface area contributed by atoms with Gasteiger partial charge in [-0.15, -0.1) is 0 Å². The lowest BCUT2D eigenvalue weighted by Crippen LogP contribution is -2.39. The van der Waals surface area contributed by atoms with Gasteiger partial charge >= 0.3 is 5.97 Å². The summed E-state index contributed by atoms with van der Waals surface area (Å²) < 4.78 is 13.3. The Balaban J connectivity index is 2.01. The van der Waals surface area contributed by atoms with Crippen molar-refractivity contribution < 1.29 is 14.3 Å². The van der Waals surface area contributed by atoms with Crippen LogP contribution < -0.4 is 0 Å². The van der Waals surface area contributed by atoms with Crippen molar-refractivity contribution in [3.63, 3.8) is 0 Å². The molecule has 1 aromatic rings. The Bertz CT molecular complexity index is 495. The Kier molecular flexibility index (Phi) is 5.28. The van der Waals surface area contributed by atoms with Crippen LogP contribution >= 0.6 is 0 Å². The van der Waals surface area contributed by atoms with E-state index in [0.29, 0.717) is 5.92 Å². The molecule has 2 rings (SSSR count). The molecule has 0 saturated carbocycles. The van der Waals surface area contributed by atoms with E-state index in [0.717, 1.165) is 31.5 Å². The molecule has 4 nitrogen and oxygen atoms in total. The first-order valence-electron chi connectivity index (χ1n) is 7.53. The highest BCUT2D eigenvalue weighted by atomic mass is 19.1. The van der Waals surface area contributed by atoms with E-state index in [1.807, 2.05) is 6.92 Å². The highest BCUT2D eigenvalue weighted by Crippen LogP contribution is 2.31. The molecule has 116 valence electrons. The van der Waals surface area contributed by atoms with E-state index in [1.165, 1.54) is 12.3 Å². The number of pyridine rings is 1. The third kappa shape index (κ3) is 4.24. The van der Waals surface area contributed by atoms with Gasteiger partial charge in [-0.2, -0.15) is 0 Å². The topological polar surface area (TPSA) is 53.4 Å². The molecule has 1 saturated heterocycles. The minimum Gasteiger partial charge on any atom is -0.481 e. The monoisotopic (exact) mass is 294 g/mol.